The van der Waals surface area contributed by atoms with Gasteiger partial charge in [0.2, 0.25) is 41.4 Å². The van der Waals surface area contributed by atoms with Crippen LogP contribution in [0.25, 0.3) is 0 Å². The molecular formula is C51H68N10O11S. The molecule has 0 spiro atoms. The van der Waals surface area contributed by atoms with Gasteiger partial charge in [-0.05, 0) is 68.4 Å². The number of rotatable bonds is 36. The normalized spacial score (nSPS) is 14.2. The van der Waals surface area contributed by atoms with Crippen molar-refractivity contribution in [2.75, 3.05) is 44.7 Å². The molecule has 5 N–H and O–H groups in total. The van der Waals surface area contributed by atoms with Crippen LogP contribution in [0.2, 0.25) is 0 Å². The molecule has 1 aromatic heterocycles. The number of carbonyl (C=O) groups excluding carboxylic acids is 9. The number of hydrogen-bond donors (Lipinski definition) is 5. The fraction of sp³-hybridized carbons (Fsp3) is 0.510. The van der Waals surface area contributed by atoms with Crippen LogP contribution in [0.15, 0.2) is 77.8 Å². The lowest BCUT2D eigenvalue weighted by atomic mass is 10.1. The molecule has 3 aromatic rings. The molecule has 0 saturated carbocycles. The van der Waals surface area contributed by atoms with E-state index in [4.69, 9.17) is 9.57 Å². The van der Waals surface area contributed by atoms with Crippen molar-refractivity contribution in [1.82, 2.24) is 46.2 Å². The monoisotopic (exact) mass is 1030 g/mol. The molecule has 3 heterocycles. The second-order valence-electron chi connectivity index (χ2n) is 17.6. The van der Waals surface area contributed by atoms with Gasteiger partial charge in [0, 0.05) is 87.4 Å². The van der Waals surface area contributed by atoms with E-state index in [2.05, 4.69) is 37.1 Å². The van der Waals surface area contributed by atoms with Gasteiger partial charge in [-0.25, -0.2) is 5.48 Å². The molecule has 2 aliphatic heterocycles. The van der Waals surface area contributed by atoms with Gasteiger partial charge in [-0.1, -0.05) is 61.2 Å². The number of imide groups is 2. The number of benzene rings is 2. The Morgan fingerprint density at radius 2 is 1.22 bits per heavy atom. The predicted octanol–water partition coefficient (Wildman–Crippen LogP) is 4.03. The zero-order chi connectivity index (χ0) is 52.0. The van der Waals surface area contributed by atoms with E-state index >= 15 is 0 Å². The summed E-state index contributed by atoms with van der Waals surface area (Å²) in [6, 6.07) is 16.8. The largest absolute Gasteiger partial charge is 0.379 e. The summed E-state index contributed by atoms with van der Waals surface area (Å²) >= 11 is 1.34. The van der Waals surface area contributed by atoms with E-state index in [1.165, 1.54) is 28.8 Å². The van der Waals surface area contributed by atoms with Crippen molar-refractivity contribution in [3.8, 4) is 0 Å². The lowest BCUT2D eigenvalue weighted by molar-refractivity contribution is -0.139. The van der Waals surface area contributed by atoms with Gasteiger partial charge in [0.25, 0.3) is 11.8 Å². The van der Waals surface area contributed by atoms with Gasteiger partial charge < -0.3 is 26.0 Å². The Kier molecular flexibility index (Phi) is 25.3. The van der Waals surface area contributed by atoms with Gasteiger partial charge in [0.05, 0.1) is 44.4 Å². The molecule has 21 nitrogen and oxygen atoms in total. The third-order valence-corrected chi connectivity index (χ3v) is 12.9. The standard InChI is InChI=1S/C51H68N10O11S/c62-43(52-27-28-53-45(64)26-32-71-33-31-60-48(67)24-25-49(60)68)16-10-4-12-29-59-36-40(56-58-59)35-54-44(63)17-11-5-13-30-61-50(69)34-42(51(61)70)73-41-22-20-38(21-23-41)37-72-57-47(66)19-9-2-1-8-18-46(65)55-39-14-6-3-7-15-39/h3,6-7,14-15,20-25,36,42H,1-2,4-5,8-13,16-19,26-35,37H2,(H,52,62)(H,53,64)(H,54,63)(H,55,65)(H,57,66). The number of para-hydroxylation sites is 1. The van der Waals surface area contributed by atoms with Crippen molar-refractivity contribution in [2.24, 2.45) is 0 Å². The van der Waals surface area contributed by atoms with Crippen molar-refractivity contribution in [2.45, 2.75) is 133 Å². The summed E-state index contributed by atoms with van der Waals surface area (Å²) in [5.74, 6) is -1.87. The molecule has 1 saturated heterocycles. The Morgan fingerprint density at radius 3 is 1.90 bits per heavy atom. The first-order chi connectivity index (χ1) is 35.4. The number of anilines is 1. The van der Waals surface area contributed by atoms with Gasteiger partial charge in [-0.2, -0.15) is 0 Å². The quantitative estimate of drug-likeness (QED) is 0.0313. The van der Waals surface area contributed by atoms with Crippen LogP contribution in [0.5, 0.6) is 0 Å². The number of thioether (sulfide) groups is 1. The van der Waals surface area contributed by atoms with Crippen molar-refractivity contribution in [3.63, 3.8) is 0 Å². The van der Waals surface area contributed by atoms with E-state index in [1.807, 2.05) is 54.6 Å². The maximum absolute atomic E-state index is 13.1. The highest BCUT2D eigenvalue weighted by atomic mass is 32.2. The van der Waals surface area contributed by atoms with Crippen molar-refractivity contribution >= 4 is 70.6 Å². The molecule has 9 amide bonds. The average Bonchev–Trinajstić information content (AvgIpc) is 4.05. The number of amides is 9. The number of nitrogens with one attached hydrogen (secondary N) is 5. The molecule has 1 fully saturated rings. The molecule has 0 radical (unpaired) electrons. The van der Waals surface area contributed by atoms with E-state index in [1.54, 1.807) is 10.9 Å². The molecular weight excluding hydrogens is 961 g/mol. The zero-order valence-corrected chi connectivity index (χ0v) is 42.1. The Balaban J connectivity index is 0.806. The summed E-state index contributed by atoms with van der Waals surface area (Å²) in [7, 11) is 0. The van der Waals surface area contributed by atoms with E-state index in [0.717, 1.165) is 53.2 Å². The maximum Gasteiger partial charge on any atom is 0.253 e. The highest BCUT2D eigenvalue weighted by molar-refractivity contribution is 8.00. The lowest BCUT2D eigenvalue weighted by Gasteiger charge is -2.15. The summed E-state index contributed by atoms with van der Waals surface area (Å²) in [5, 5.41) is 19.0. The second-order valence-corrected chi connectivity index (χ2v) is 18.9. The Hall–Kier alpha value is -6.78. The van der Waals surface area contributed by atoms with Crippen LogP contribution in [0.4, 0.5) is 5.69 Å². The smallest absolute Gasteiger partial charge is 0.253 e. The molecule has 394 valence electrons. The Labute approximate surface area is 429 Å². The van der Waals surface area contributed by atoms with Gasteiger partial charge in [0.15, 0.2) is 0 Å². The fourth-order valence-corrected chi connectivity index (χ4v) is 8.73. The Bertz CT molecular complexity index is 2310. The minimum atomic E-state index is -0.510. The molecule has 5 rings (SSSR count). The summed E-state index contributed by atoms with van der Waals surface area (Å²) in [6.07, 6.45) is 13.1. The molecule has 1 unspecified atom stereocenters. The van der Waals surface area contributed by atoms with E-state index in [9.17, 15) is 43.2 Å². The minimum Gasteiger partial charge on any atom is -0.379 e. The molecule has 2 aliphatic rings. The van der Waals surface area contributed by atoms with Gasteiger partial charge >= 0.3 is 0 Å². The predicted molar refractivity (Wildman–Crippen MR) is 269 cm³/mol. The third-order valence-electron chi connectivity index (χ3n) is 11.7. The second kappa shape index (κ2) is 32.3. The fourth-order valence-electron chi connectivity index (χ4n) is 7.66. The average molecular weight is 1030 g/mol. The number of hydroxylamine groups is 1. The number of aryl methyl sites for hydroxylation is 1. The number of unbranched alkanes of at least 4 members (excludes halogenated alkanes) is 7. The van der Waals surface area contributed by atoms with Crippen molar-refractivity contribution in [1.29, 1.82) is 0 Å². The van der Waals surface area contributed by atoms with Crippen LogP contribution in [-0.2, 0) is 72.4 Å². The SMILES string of the molecule is O=C(CCCCCn1cc(CNC(=O)CCCCCN2C(=O)CC(Sc3ccc(CONC(=O)CCCCCCC(=O)Nc4ccccc4)cc3)C2=O)nn1)NCCNC(=O)CCOCCN1C(=O)C=CC1=O. The number of ether oxygens (including phenoxy) is 1. The lowest BCUT2D eigenvalue weighted by Crippen LogP contribution is -2.35. The van der Waals surface area contributed by atoms with Gasteiger partial charge in [-0.15, -0.1) is 16.9 Å². The highest BCUT2D eigenvalue weighted by Crippen LogP contribution is 2.32. The molecule has 22 heteroatoms. The maximum atomic E-state index is 13.1. The van der Waals surface area contributed by atoms with Crippen LogP contribution in [0, 0.1) is 0 Å². The number of carbonyl (C=O) groups is 9. The summed E-state index contributed by atoms with van der Waals surface area (Å²) in [6.45, 7) is 2.33. The minimum absolute atomic E-state index is 0.0193. The summed E-state index contributed by atoms with van der Waals surface area (Å²) in [4.78, 5) is 118. The van der Waals surface area contributed by atoms with E-state index in [-0.39, 0.29) is 105 Å². The van der Waals surface area contributed by atoms with Crippen LogP contribution in [0.1, 0.15) is 114 Å². The van der Waals surface area contributed by atoms with Crippen molar-refractivity contribution in [3.05, 3.63) is 84.2 Å². The first-order valence-corrected chi connectivity index (χ1v) is 26.0. The molecule has 1 atom stereocenters. The molecule has 0 bridgehead atoms. The van der Waals surface area contributed by atoms with Gasteiger partial charge in [-0.3, -0.25) is 62.5 Å². The number of hydrogen-bond acceptors (Lipinski definition) is 14. The first kappa shape index (κ1) is 57.1. The zero-order valence-electron chi connectivity index (χ0n) is 41.3. The molecule has 2 aromatic carbocycles. The third kappa shape index (κ3) is 22.3. The molecule has 73 heavy (non-hydrogen) atoms. The first-order valence-electron chi connectivity index (χ1n) is 25.1. The van der Waals surface area contributed by atoms with Crippen LogP contribution in [-0.4, -0.2) is 123 Å². The van der Waals surface area contributed by atoms with Gasteiger partial charge in [0.1, 0.15) is 5.69 Å². The number of nitrogens with zero attached hydrogens (tertiary/aromatic N) is 5. The van der Waals surface area contributed by atoms with E-state index < -0.39 is 5.25 Å². The van der Waals surface area contributed by atoms with Crippen LogP contribution >= 0.6 is 11.8 Å². The van der Waals surface area contributed by atoms with Crippen LogP contribution < -0.4 is 26.7 Å². The topological polar surface area (TPSA) is 269 Å². The van der Waals surface area contributed by atoms with Crippen molar-refractivity contribution < 1.29 is 52.7 Å². The Morgan fingerprint density at radius 1 is 0.616 bits per heavy atom. The van der Waals surface area contributed by atoms with Crippen LogP contribution in [0.3, 0.4) is 0 Å². The van der Waals surface area contributed by atoms with E-state index in [0.29, 0.717) is 83.1 Å². The summed E-state index contributed by atoms with van der Waals surface area (Å²) < 4.78 is 7.04. The number of aromatic nitrogens is 3. The summed E-state index contributed by atoms with van der Waals surface area (Å²) in [5.41, 5.74) is 4.72. The number of likely N-dealkylation sites (tertiary alicyclic amines) is 1. The molecule has 0 aliphatic carbocycles. The highest BCUT2D eigenvalue weighted by Gasteiger charge is 2.38.